The quantitative estimate of drug-likeness (QED) is 0.555. The van der Waals surface area contributed by atoms with Gasteiger partial charge in [0.2, 0.25) is 5.91 Å². The largest absolute Gasteiger partial charge is 0.357 e. The molecule has 4 rings (SSSR count). The van der Waals surface area contributed by atoms with Crippen LogP contribution in [0.4, 0.5) is 0 Å². The average Bonchev–Trinajstić information content (AvgIpc) is 3.49. The fraction of sp³-hybridized carbons (Fsp3) is 0.652. The maximum Gasteiger partial charge on any atom is 0.227 e. The van der Waals surface area contributed by atoms with Crippen LogP contribution in [-0.2, 0) is 11.2 Å². The number of aliphatic imine (C=N–C) groups is 1. The highest BCUT2D eigenvalue weighted by atomic mass is 35.5. The summed E-state index contributed by atoms with van der Waals surface area (Å²) in [6.45, 7) is 9.47. The number of hydrogen-bond donors (Lipinski definition) is 1. The van der Waals surface area contributed by atoms with Crippen molar-refractivity contribution >= 4 is 23.5 Å². The molecule has 1 atom stereocenters. The van der Waals surface area contributed by atoms with Gasteiger partial charge < -0.3 is 20.0 Å². The summed E-state index contributed by atoms with van der Waals surface area (Å²) in [5.41, 5.74) is 0.974. The van der Waals surface area contributed by atoms with Crippen LogP contribution in [0.2, 0.25) is 5.02 Å². The second-order valence-electron chi connectivity index (χ2n) is 8.75. The number of carbonyl (C=O) groups excluding carboxylic acids is 1. The second-order valence-corrected chi connectivity index (χ2v) is 9.19. The van der Waals surface area contributed by atoms with Gasteiger partial charge in [0.15, 0.2) is 5.96 Å². The summed E-state index contributed by atoms with van der Waals surface area (Å²) in [6, 6.07) is 8.44. The predicted molar refractivity (Wildman–Crippen MR) is 122 cm³/mol. The van der Waals surface area contributed by atoms with Gasteiger partial charge in [-0.25, -0.2) is 0 Å². The number of halogens is 1. The molecule has 1 aliphatic carbocycles. The van der Waals surface area contributed by atoms with Gasteiger partial charge in [0.25, 0.3) is 0 Å². The number of hydrogen-bond acceptors (Lipinski definition) is 3. The van der Waals surface area contributed by atoms with Gasteiger partial charge >= 0.3 is 0 Å². The molecule has 1 unspecified atom stereocenters. The zero-order chi connectivity index (χ0) is 20.9. The van der Waals surface area contributed by atoms with E-state index in [0.717, 1.165) is 56.8 Å². The fourth-order valence-corrected chi connectivity index (χ4v) is 4.74. The van der Waals surface area contributed by atoms with Gasteiger partial charge in [-0.1, -0.05) is 23.7 Å². The number of guanidine groups is 1. The van der Waals surface area contributed by atoms with E-state index in [2.05, 4.69) is 22.0 Å². The number of amides is 1. The van der Waals surface area contributed by atoms with Gasteiger partial charge in [0.1, 0.15) is 0 Å². The molecule has 1 amide bonds. The van der Waals surface area contributed by atoms with Crippen LogP contribution < -0.4 is 5.32 Å². The highest BCUT2D eigenvalue weighted by molar-refractivity contribution is 6.30. The molecule has 30 heavy (non-hydrogen) atoms. The van der Waals surface area contributed by atoms with Gasteiger partial charge in [-0.15, -0.1) is 0 Å². The van der Waals surface area contributed by atoms with Crippen molar-refractivity contribution in [3.05, 3.63) is 34.9 Å². The van der Waals surface area contributed by atoms with E-state index >= 15 is 0 Å². The molecule has 0 spiro atoms. The third kappa shape index (κ3) is 5.67. The summed E-state index contributed by atoms with van der Waals surface area (Å²) in [7, 11) is 0. The predicted octanol–water partition coefficient (Wildman–Crippen LogP) is 2.48. The number of piperazine rings is 1. The summed E-state index contributed by atoms with van der Waals surface area (Å²) >= 11 is 6.05. The number of rotatable bonds is 6. The first kappa shape index (κ1) is 21.4. The van der Waals surface area contributed by atoms with Crippen molar-refractivity contribution in [2.75, 3.05) is 52.4 Å². The Kier molecular flexibility index (Phi) is 7.16. The Bertz CT molecular complexity index is 758. The molecule has 164 valence electrons. The third-order valence-electron chi connectivity index (χ3n) is 6.39. The zero-order valence-corrected chi connectivity index (χ0v) is 18.8. The molecule has 0 aromatic heterocycles. The molecule has 7 heteroatoms. The second kappa shape index (κ2) is 10.0. The Morgan fingerprint density at radius 2 is 1.90 bits per heavy atom. The van der Waals surface area contributed by atoms with Crippen molar-refractivity contribution in [3.8, 4) is 0 Å². The van der Waals surface area contributed by atoms with E-state index in [1.807, 2.05) is 29.2 Å². The third-order valence-corrected chi connectivity index (χ3v) is 6.63. The van der Waals surface area contributed by atoms with E-state index in [4.69, 9.17) is 16.6 Å². The summed E-state index contributed by atoms with van der Waals surface area (Å²) in [5, 5.41) is 4.14. The van der Waals surface area contributed by atoms with Crippen molar-refractivity contribution < 1.29 is 4.79 Å². The molecule has 2 saturated heterocycles. The lowest BCUT2D eigenvalue weighted by atomic mass is 10.1. The summed E-state index contributed by atoms with van der Waals surface area (Å²) in [4.78, 5) is 24.6. The number of nitrogens with zero attached hydrogens (tertiary/aromatic N) is 4. The maximum atomic E-state index is 12.7. The summed E-state index contributed by atoms with van der Waals surface area (Å²) < 4.78 is 0. The van der Waals surface area contributed by atoms with Crippen molar-refractivity contribution in [3.63, 3.8) is 0 Å². The lowest BCUT2D eigenvalue weighted by Gasteiger charge is -2.36. The molecule has 1 saturated carbocycles. The molecule has 2 heterocycles. The molecule has 3 fully saturated rings. The van der Waals surface area contributed by atoms with Crippen LogP contribution in [0.1, 0.15) is 31.7 Å². The van der Waals surface area contributed by atoms with Crippen LogP contribution in [0.25, 0.3) is 0 Å². The topological polar surface area (TPSA) is 51.2 Å². The standard InChI is InChI=1S/C23H34ClN5O/c1-2-25-23(26-16-19-8-9-29(17-19)21-6-7-21)28-12-10-27(11-13-28)22(30)15-18-4-3-5-20(24)14-18/h3-5,14,19,21H,2,6-13,15-17H2,1H3,(H,25,26). The lowest BCUT2D eigenvalue weighted by Crippen LogP contribution is -2.54. The van der Waals surface area contributed by atoms with Crippen LogP contribution in [0.3, 0.4) is 0 Å². The van der Waals surface area contributed by atoms with Gasteiger partial charge in [-0.3, -0.25) is 9.79 Å². The number of carbonyl (C=O) groups is 1. The van der Waals surface area contributed by atoms with E-state index in [1.165, 1.54) is 32.4 Å². The van der Waals surface area contributed by atoms with Crippen LogP contribution in [0.5, 0.6) is 0 Å². The van der Waals surface area contributed by atoms with E-state index in [-0.39, 0.29) is 5.91 Å². The molecule has 1 N–H and O–H groups in total. The highest BCUT2D eigenvalue weighted by Gasteiger charge is 2.34. The molecule has 0 radical (unpaired) electrons. The van der Waals surface area contributed by atoms with Gasteiger partial charge in [-0.05, 0) is 56.3 Å². The molecule has 0 bridgehead atoms. The minimum Gasteiger partial charge on any atom is -0.357 e. The van der Waals surface area contributed by atoms with Crippen LogP contribution in [-0.4, -0.2) is 85.0 Å². The highest BCUT2D eigenvalue weighted by Crippen LogP contribution is 2.31. The molecule has 1 aromatic rings. The van der Waals surface area contributed by atoms with Gasteiger partial charge in [0, 0.05) is 56.9 Å². The SMILES string of the molecule is CCNC(=NCC1CCN(C2CC2)C1)N1CCN(C(=O)Cc2cccc(Cl)c2)CC1. The Morgan fingerprint density at radius 3 is 2.60 bits per heavy atom. The van der Waals surface area contributed by atoms with Crippen LogP contribution in [0, 0.1) is 5.92 Å². The van der Waals surface area contributed by atoms with Crippen molar-refractivity contribution in [1.29, 1.82) is 0 Å². The maximum absolute atomic E-state index is 12.7. The van der Waals surface area contributed by atoms with Gasteiger partial charge in [0.05, 0.1) is 6.42 Å². The van der Waals surface area contributed by atoms with E-state index in [1.54, 1.807) is 0 Å². The van der Waals surface area contributed by atoms with E-state index in [9.17, 15) is 4.79 Å². The first-order chi connectivity index (χ1) is 14.6. The molecule has 3 aliphatic rings. The first-order valence-corrected chi connectivity index (χ1v) is 11.8. The molecular formula is C23H34ClN5O. The van der Waals surface area contributed by atoms with Crippen molar-refractivity contribution in [2.45, 2.75) is 38.6 Å². The van der Waals surface area contributed by atoms with E-state index in [0.29, 0.717) is 17.4 Å². The van der Waals surface area contributed by atoms with Crippen molar-refractivity contribution in [2.24, 2.45) is 10.9 Å². The summed E-state index contributed by atoms with van der Waals surface area (Å²) in [6.07, 6.45) is 4.46. The zero-order valence-electron chi connectivity index (χ0n) is 18.0. The van der Waals surface area contributed by atoms with Crippen molar-refractivity contribution in [1.82, 2.24) is 20.0 Å². The minimum absolute atomic E-state index is 0.171. The molecule has 1 aromatic carbocycles. The average molecular weight is 432 g/mol. The molecular weight excluding hydrogens is 398 g/mol. The number of nitrogens with one attached hydrogen (secondary N) is 1. The Balaban J connectivity index is 1.26. The minimum atomic E-state index is 0.171. The Labute approximate surface area is 185 Å². The first-order valence-electron chi connectivity index (χ1n) is 11.4. The number of benzene rings is 1. The molecule has 2 aliphatic heterocycles. The van der Waals surface area contributed by atoms with Crippen LogP contribution in [0.15, 0.2) is 29.3 Å². The summed E-state index contributed by atoms with van der Waals surface area (Å²) in [5.74, 6) is 1.86. The molecule has 6 nitrogen and oxygen atoms in total. The van der Waals surface area contributed by atoms with E-state index < -0.39 is 0 Å². The van der Waals surface area contributed by atoms with Gasteiger partial charge in [-0.2, -0.15) is 0 Å². The van der Waals surface area contributed by atoms with Crippen LogP contribution >= 0.6 is 11.6 Å². The lowest BCUT2D eigenvalue weighted by molar-refractivity contribution is -0.131. The Morgan fingerprint density at radius 1 is 1.13 bits per heavy atom. The smallest absolute Gasteiger partial charge is 0.227 e. The number of likely N-dealkylation sites (tertiary alicyclic amines) is 1. The normalized spacial score (nSPS) is 23.1. The Hall–Kier alpha value is -1.79. The fourth-order valence-electron chi connectivity index (χ4n) is 4.53. The monoisotopic (exact) mass is 431 g/mol.